The second-order valence-corrected chi connectivity index (χ2v) is 4.55. The van der Waals surface area contributed by atoms with Crippen LogP contribution < -0.4 is 10.1 Å². The van der Waals surface area contributed by atoms with E-state index in [4.69, 9.17) is 11.6 Å². The minimum atomic E-state index is -2.95. The molecule has 0 saturated carbocycles. The Hall–Kier alpha value is -1.36. The smallest absolute Gasteiger partial charge is 0.387 e. The molecule has 0 saturated heterocycles. The SMILES string of the molecule is CC(CCCl)CNC(=O)c1ccccc1OC(F)F. The highest BCUT2D eigenvalue weighted by atomic mass is 35.5. The molecule has 106 valence electrons. The zero-order chi connectivity index (χ0) is 14.3. The summed E-state index contributed by atoms with van der Waals surface area (Å²) in [5.41, 5.74) is 0.0980. The Kier molecular flexibility index (Phi) is 6.56. The number of hydrogen-bond donors (Lipinski definition) is 1. The Morgan fingerprint density at radius 2 is 2.11 bits per heavy atom. The fraction of sp³-hybridized carbons (Fsp3) is 0.462. The maximum atomic E-state index is 12.2. The van der Waals surface area contributed by atoms with Crippen LogP contribution >= 0.6 is 11.6 Å². The highest BCUT2D eigenvalue weighted by Crippen LogP contribution is 2.20. The minimum Gasteiger partial charge on any atom is -0.434 e. The molecule has 1 rings (SSSR count). The number of amides is 1. The van der Waals surface area contributed by atoms with Gasteiger partial charge in [-0.05, 0) is 24.5 Å². The van der Waals surface area contributed by atoms with Gasteiger partial charge in [-0.25, -0.2) is 0 Å². The summed E-state index contributed by atoms with van der Waals surface area (Å²) >= 11 is 5.60. The first-order chi connectivity index (χ1) is 9.04. The topological polar surface area (TPSA) is 38.3 Å². The summed E-state index contributed by atoms with van der Waals surface area (Å²) < 4.78 is 28.7. The van der Waals surface area contributed by atoms with E-state index in [1.807, 2.05) is 6.92 Å². The second-order valence-electron chi connectivity index (χ2n) is 4.17. The molecule has 1 N–H and O–H groups in total. The largest absolute Gasteiger partial charge is 0.434 e. The first kappa shape index (κ1) is 15.7. The predicted octanol–water partition coefficient (Wildman–Crippen LogP) is 3.28. The normalized spacial score (nSPS) is 12.3. The van der Waals surface area contributed by atoms with Crippen LogP contribution in [-0.2, 0) is 0 Å². The van der Waals surface area contributed by atoms with E-state index in [1.165, 1.54) is 18.2 Å². The van der Waals surface area contributed by atoms with Crippen molar-refractivity contribution in [3.05, 3.63) is 29.8 Å². The molecular weight excluding hydrogens is 276 g/mol. The standard InChI is InChI=1S/C13H16ClF2NO2/c1-9(6-7-14)8-17-12(18)10-4-2-3-5-11(10)19-13(15)16/h2-5,9,13H,6-8H2,1H3,(H,17,18). The molecule has 1 atom stereocenters. The minimum absolute atomic E-state index is 0.0980. The molecule has 0 bridgehead atoms. The van der Waals surface area contributed by atoms with E-state index in [-0.39, 0.29) is 17.2 Å². The van der Waals surface area contributed by atoms with Crippen LogP contribution in [0.1, 0.15) is 23.7 Å². The Morgan fingerprint density at radius 3 is 2.74 bits per heavy atom. The third-order valence-electron chi connectivity index (χ3n) is 2.56. The van der Waals surface area contributed by atoms with E-state index < -0.39 is 12.5 Å². The van der Waals surface area contributed by atoms with Crippen molar-refractivity contribution < 1.29 is 18.3 Å². The van der Waals surface area contributed by atoms with E-state index in [1.54, 1.807) is 6.07 Å². The summed E-state index contributed by atoms with van der Waals surface area (Å²) in [7, 11) is 0. The van der Waals surface area contributed by atoms with Crippen molar-refractivity contribution in [2.75, 3.05) is 12.4 Å². The Balaban J connectivity index is 2.66. The van der Waals surface area contributed by atoms with Crippen LogP contribution in [0.25, 0.3) is 0 Å². The molecule has 0 heterocycles. The third kappa shape index (κ3) is 5.42. The summed E-state index contributed by atoms with van der Waals surface area (Å²) in [5.74, 6) is 0.185. The zero-order valence-electron chi connectivity index (χ0n) is 10.5. The van der Waals surface area contributed by atoms with Crippen LogP contribution in [0.2, 0.25) is 0 Å². The number of hydrogen-bond acceptors (Lipinski definition) is 2. The van der Waals surface area contributed by atoms with E-state index in [2.05, 4.69) is 10.1 Å². The summed E-state index contributed by atoms with van der Waals surface area (Å²) in [6.45, 7) is -0.567. The first-order valence-electron chi connectivity index (χ1n) is 5.92. The van der Waals surface area contributed by atoms with Crippen LogP contribution in [0, 0.1) is 5.92 Å². The molecule has 0 radical (unpaired) electrons. The number of rotatable bonds is 7. The quantitative estimate of drug-likeness (QED) is 0.783. The first-order valence-corrected chi connectivity index (χ1v) is 6.46. The van der Waals surface area contributed by atoms with Gasteiger partial charge in [-0.2, -0.15) is 8.78 Å². The van der Waals surface area contributed by atoms with Crippen molar-refractivity contribution in [2.24, 2.45) is 5.92 Å². The molecule has 1 aromatic rings. The monoisotopic (exact) mass is 291 g/mol. The average molecular weight is 292 g/mol. The van der Waals surface area contributed by atoms with Gasteiger partial charge in [-0.1, -0.05) is 19.1 Å². The third-order valence-corrected chi connectivity index (χ3v) is 2.78. The van der Waals surface area contributed by atoms with Crippen molar-refractivity contribution in [1.82, 2.24) is 5.32 Å². The van der Waals surface area contributed by atoms with Crippen molar-refractivity contribution in [3.8, 4) is 5.75 Å². The fourth-order valence-electron chi connectivity index (χ4n) is 1.50. The molecular formula is C13H16ClF2NO2. The van der Waals surface area contributed by atoms with Gasteiger partial charge in [0.15, 0.2) is 0 Å². The molecule has 19 heavy (non-hydrogen) atoms. The van der Waals surface area contributed by atoms with Gasteiger partial charge < -0.3 is 10.1 Å². The van der Waals surface area contributed by atoms with Crippen molar-refractivity contribution in [1.29, 1.82) is 0 Å². The molecule has 1 aromatic carbocycles. The van der Waals surface area contributed by atoms with E-state index in [0.717, 1.165) is 6.42 Å². The second kappa shape index (κ2) is 7.94. The van der Waals surface area contributed by atoms with E-state index in [0.29, 0.717) is 12.4 Å². The Labute approximate surface area is 115 Å². The number of ether oxygens (including phenoxy) is 1. The zero-order valence-corrected chi connectivity index (χ0v) is 11.3. The van der Waals surface area contributed by atoms with Crippen LogP contribution in [-0.4, -0.2) is 24.9 Å². The van der Waals surface area contributed by atoms with Crippen LogP contribution in [0.5, 0.6) is 5.75 Å². The van der Waals surface area contributed by atoms with Gasteiger partial charge in [0.2, 0.25) is 0 Å². The lowest BCUT2D eigenvalue weighted by Gasteiger charge is -2.13. The predicted molar refractivity (Wildman–Crippen MR) is 69.9 cm³/mol. The van der Waals surface area contributed by atoms with Crippen LogP contribution in [0.4, 0.5) is 8.78 Å². The summed E-state index contributed by atoms with van der Waals surface area (Å²) in [6, 6.07) is 5.91. The van der Waals surface area contributed by atoms with Crippen molar-refractivity contribution in [3.63, 3.8) is 0 Å². The number of carbonyl (C=O) groups excluding carboxylic acids is 1. The molecule has 1 amide bonds. The number of para-hydroxylation sites is 1. The van der Waals surface area contributed by atoms with E-state index >= 15 is 0 Å². The number of nitrogens with one attached hydrogen (secondary N) is 1. The highest BCUT2D eigenvalue weighted by molar-refractivity contribution is 6.17. The molecule has 0 aliphatic heterocycles. The number of benzene rings is 1. The van der Waals surface area contributed by atoms with Crippen molar-refractivity contribution >= 4 is 17.5 Å². The summed E-state index contributed by atoms with van der Waals surface area (Å²) in [4.78, 5) is 11.9. The molecule has 0 spiro atoms. The van der Waals surface area contributed by atoms with E-state index in [9.17, 15) is 13.6 Å². The van der Waals surface area contributed by atoms with Gasteiger partial charge in [-0.3, -0.25) is 4.79 Å². The average Bonchev–Trinajstić information content (AvgIpc) is 2.36. The number of alkyl halides is 3. The number of carbonyl (C=O) groups is 1. The van der Waals surface area contributed by atoms with Crippen molar-refractivity contribution in [2.45, 2.75) is 20.0 Å². The molecule has 1 unspecified atom stereocenters. The molecule has 0 fully saturated rings. The van der Waals surface area contributed by atoms with Gasteiger partial charge in [0.05, 0.1) is 5.56 Å². The maximum Gasteiger partial charge on any atom is 0.387 e. The van der Waals surface area contributed by atoms with Crippen LogP contribution in [0.3, 0.4) is 0 Å². The van der Waals surface area contributed by atoms with Gasteiger partial charge >= 0.3 is 6.61 Å². The Bertz CT molecular complexity index is 415. The van der Waals surface area contributed by atoms with Gasteiger partial charge in [-0.15, -0.1) is 11.6 Å². The lowest BCUT2D eigenvalue weighted by Crippen LogP contribution is -2.29. The van der Waals surface area contributed by atoms with Gasteiger partial charge in [0.25, 0.3) is 5.91 Å². The molecule has 6 heteroatoms. The maximum absolute atomic E-state index is 12.2. The molecule has 0 aliphatic carbocycles. The number of halogens is 3. The van der Waals surface area contributed by atoms with Crippen LogP contribution in [0.15, 0.2) is 24.3 Å². The van der Waals surface area contributed by atoms with Gasteiger partial charge in [0.1, 0.15) is 5.75 Å². The molecule has 0 aliphatic rings. The molecule has 0 aromatic heterocycles. The van der Waals surface area contributed by atoms with Gasteiger partial charge in [0, 0.05) is 12.4 Å². The lowest BCUT2D eigenvalue weighted by atomic mass is 10.1. The summed E-state index contributed by atoms with van der Waals surface area (Å²) in [6.07, 6.45) is 0.775. The Morgan fingerprint density at radius 1 is 1.42 bits per heavy atom. The summed E-state index contributed by atoms with van der Waals surface area (Å²) in [5, 5.41) is 2.67. The molecule has 3 nitrogen and oxygen atoms in total. The highest BCUT2D eigenvalue weighted by Gasteiger charge is 2.15. The lowest BCUT2D eigenvalue weighted by molar-refractivity contribution is -0.0501. The fourth-order valence-corrected chi connectivity index (χ4v) is 1.88.